The van der Waals surface area contributed by atoms with E-state index in [0.717, 1.165) is 5.56 Å². The van der Waals surface area contributed by atoms with Crippen molar-refractivity contribution in [3.63, 3.8) is 0 Å². The number of rotatable bonds is 2. The maximum atomic E-state index is 11.7. The van der Waals surface area contributed by atoms with E-state index in [4.69, 9.17) is 4.74 Å². The molecule has 1 amide bonds. The van der Waals surface area contributed by atoms with Crippen molar-refractivity contribution in [3.05, 3.63) is 35.9 Å². The molecule has 4 nitrogen and oxygen atoms in total. The molecule has 17 heavy (non-hydrogen) atoms. The lowest BCUT2D eigenvalue weighted by Gasteiger charge is -2.19. The van der Waals surface area contributed by atoms with Crippen LogP contribution >= 0.6 is 22.6 Å². The van der Waals surface area contributed by atoms with Crippen LogP contribution in [-0.4, -0.2) is 32.8 Å². The lowest BCUT2D eigenvalue weighted by atomic mass is 10.2. The first-order valence-electron chi connectivity index (χ1n) is 5.46. The number of hydrogen-bond donors (Lipinski definition) is 1. The van der Waals surface area contributed by atoms with Gasteiger partial charge < -0.3 is 9.84 Å². The highest BCUT2D eigenvalue weighted by Crippen LogP contribution is 2.22. The van der Waals surface area contributed by atoms with Gasteiger partial charge >= 0.3 is 6.09 Å². The molecule has 5 heteroatoms. The number of amides is 1. The van der Waals surface area contributed by atoms with Crippen LogP contribution in [0.15, 0.2) is 30.3 Å². The summed E-state index contributed by atoms with van der Waals surface area (Å²) in [6.45, 7) is 0.796. The zero-order valence-corrected chi connectivity index (χ0v) is 11.4. The van der Waals surface area contributed by atoms with E-state index < -0.39 is 12.3 Å². The first kappa shape index (κ1) is 12.6. The molecule has 1 saturated heterocycles. The normalized spacial score (nSPS) is 23.8. The third kappa shape index (κ3) is 3.32. The molecule has 2 rings (SSSR count). The van der Waals surface area contributed by atoms with E-state index in [0.29, 0.717) is 16.9 Å². The molecule has 2 unspecified atom stereocenters. The second-order valence-electron chi connectivity index (χ2n) is 4.01. The molecule has 1 heterocycles. The Morgan fingerprint density at radius 3 is 2.76 bits per heavy atom. The van der Waals surface area contributed by atoms with Gasteiger partial charge in [-0.15, -0.1) is 0 Å². The van der Waals surface area contributed by atoms with E-state index >= 15 is 0 Å². The number of alkyl halides is 1. The van der Waals surface area contributed by atoms with E-state index in [1.54, 1.807) is 0 Å². The molecule has 1 aliphatic heterocycles. The van der Waals surface area contributed by atoms with E-state index in [1.807, 2.05) is 30.3 Å². The average Bonchev–Trinajstić information content (AvgIpc) is 2.67. The minimum absolute atomic E-state index is 0.245. The Kier molecular flexibility index (Phi) is 4.22. The quantitative estimate of drug-likeness (QED) is 0.659. The summed E-state index contributed by atoms with van der Waals surface area (Å²) in [6.07, 6.45) is -0.540. The number of likely N-dealkylation sites (tertiary alicyclic amines) is 1. The number of carbonyl (C=O) groups excluding carboxylic acids is 1. The number of nitrogens with zero attached hydrogens (tertiary/aromatic N) is 1. The van der Waals surface area contributed by atoms with Crippen molar-refractivity contribution in [2.45, 2.75) is 23.2 Å². The lowest BCUT2D eigenvalue weighted by Crippen LogP contribution is -2.35. The van der Waals surface area contributed by atoms with Crippen LogP contribution in [0.25, 0.3) is 0 Å². The van der Waals surface area contributed by atoms with Crippen LogP contribution in [0, 0.1) is 0 Å². The van der Waals surface area contributed by atoms with Gasteiger partial charge in [-0.3, -0.25) is 4.90 Å². The predicted molar refractivity (Wildman–Crippen MR) is 71.8 cm³/mol. The van der Waals surface area contributed by atoms with Gasteiger partial charge in [-0.2, -0.15) is 0 Å². The Morgan fingerprint density at radius 1 is 1.47 bits per heavy atom. The molecule has 0 aliphatic carbocycles. The summed E-state index contributed by atoms with van der Waals surface area (Å²) in [6, 6.07) is 9.50. The fourth-order valence-electron chi connectivity index (χ4n) is 1.76. The second-order valence-corrected chi connectivity index (χ2v) is 5.77. The van der Waals surface area contributed by atoms with E-state index in [1.165, 1.54) is 4.90 Å². The molecular formula is C12H14INO3. The molecule has 0 radical (unpaired) electrons. The smallest absolute Gasteiger partial charge is 0.412 e. The molecule has 0 spiro atoms. The van der Waals surface area contributed by atoms with Gasteiger partial charge in [-0.25, -0.2) is 4.79 Å². The van der Waals surface area contributed by atoms with Gasteiger partial charge in [0, 0.05) is 16.9 Å². The largest absolute Gasteiger partial charge is 0.444 e. The predicted octanol–water partition coefficient (Wildman–Crippen LogP) is 2.15. The van der Waals surface area contributed by atoms with Gasteiger partial charge in [-0.05, 0) is 5.56 Å². The van der Waals surface area contributed by atoms with Gasteiger partial charge in [0.15, 0.2) is 0 Å². The Bertz CT molecular complexity index is 385. The van der Waals surface area contributed by atoms with Gasteiger partial charge in [0.1, 0.15) is 12.8 Å². The standard InChI is InChI=1S/C12H14INO3/c13-10-6-11(15)14(7-10)12(16)17-8-9-4-2-1-3-5-9/h1-5,10-11,15H,6-8H2. The van der Waals surface area contributed by atoms with Crippen LogP contribution in [0.1, 0.15) is 12.0 Å². The fraction of sp³-hybridized carbons (Fsp3) is 0.417. The van der Waals surface area contributed by atoms with Crippen LogP contribution in [0.2, 0.25) is 0 Å². The zero-order chi connectivity index (χ0) is 12.3. The monoisotopic (exact) mass is 347 g/mol. The Hall–Kier alpha value is -0.820. The van der Waals surface area contributed by atoms with Crippen molar-refractivity contribution in [2.24, 2.45) is 0 Å². The number of halogens is 1. The van der Waals surface area contributed by atoms with E-state index in [9.17, 15) is 9.90 Å². The zero-order valence-electron chi connectivity index (χ0n) is 9.25. The highest BCUT2D eigenvalue weighted by Gasteiger charge is 2.33. The van der Waals surface area contributed by atoms with Gasteiger partial charge in [-0.1, -0.05) is 52.9 Å². The number of aliphatic hydroxyl groups excluding tert-OH is 1. The number of ether oxygens (including phenoxy) is 1. The van der Waals surface area contributed by atoms with Crippen LogP contribution in [0.4, 0.5) is 4.79 Å². The molecule has 1 aromatic carbocycles. The van der Waals surface area contributed by atoms with Crippen molar-refractivity contribution < 1.29 is 14.6 Å². The molecule has 0 bridgehead atoms. The number of hydrogen-bond acceptors (Lipinski definition) is 3. The van der Waals surface area contributed by atoms with E-state index in [-0.39, 0.29) is 6.61 Å². The van der Waals surface area contributed by atoms with Gasteiger partial charge in [0.2, 0.25) is 0 Å². The van der Waals surface area contributed by atoms with Crippen molar-refractivity contribution in [3.8, 4) is 0 Å². The molecule has 1 fully saturated rings. The first-order valence-corrected chi connectivity index (χ1v) is 6.71. The minimum Gasteiger partial charge on any atom is -0.444 e. The summed E-state index contributed by atoms with van der Waals surface area (Å²) in [5.41, 5.74) is 0.945. The summed E-state index contributed by atoms with van der Waals surface area (Å²) in [5.74, 6) is 0. The summed E-state index contributed by atoms with van der Waals surface area (Å²) >= 11 is 2.23. The molecule has 0 aromatic heterocycles. The second kappa shape index (κ2) is 5.68. The van der Waals surface area contributed by atoms with Crippen LogP contribution < -0.4 is 0 Å². The molecule has 1 N–H and O–H groups in total. The average molecular weight is 347 g/mol. The number of benzene rings is 1. The highest BCUT2D eigenvalue weighted by atomic mass is 127. The molecule has 2 atom stereocenters. The SMILES string of the molecule is O=C(OCc1ccccc1)N1CC(I)CC1O. The van der Waals surface area contributed by atoms with Crippen molar-refractivity contribution in [1.29, 1.82) is 0 Å². The van der Waals surface area contributed by atoms with E-state index in [2.05, 4.69) is 22.6 Å². The molecule has 1 aliphatic rings. The van der Waals surface area contributed by atoms with Crippen molar-refractivity contribution >= 4 is 28.7 Å². The van der Waals surface area contributed by atoms with Crippen LogP contribution in [0.5, 0.6) is 0 Å². The van der Waals surface area contributed by atoms with Gasteiger partial charge in [0.05, 0.1) is 0 Å². The third-order valence-corrected chi connectivity index (χ3v) is 3.56. The maximum absolute atomic E-state index is 11.7. The summed E-state index contributed by atoms with van der Waals surface area (Å²) in [5, 5.41) is 9.65. The molecule has 92 valence electrons. The summed E-state index contributed by atoms with van der Waals surface area (Å²) < 4.78 is 5.45. The number of aliphatic hydroxyl groups is 1. The van der Waals surface area contributed by atoms with Gasteiger partial charge in [0.25, 0.3) is 0 Å². The van der Waals surface area contributed by atoms with Crippen LogP contribution in [0.3, 0.4) is 0 Å². The van der Waals surface area contributed by atoms with Crippen molar-refractivity contribution in [2.75, 3.05) is 6.54 Å². The molecule has 1 aromatic rings. The first-order chi connectivity index (χ1) is 8.16. The topological polar surface area (TPSA) is 49.8 Å². The lowest BCUT2D eigenvalue weighted by molar-refractivity contribution is 0.0220. The third-order valence-electron chi connectivity index (χ3n) is 2.66. The summed E-state index contributed by atoms with van der Waals surface area (Å²) in [4.78, 5) is 13.1. The Labute approximate surface area is 114 Å². The Balaban J connectivity index is 1.86. The molecule has 0 saturated carbocycles. The highest BCUT2D eigenvalue weighted by molar-refractivity contribution is 14.1. The number of carbonyl (C=O) groups is 1. The molecular weight excluding hydrogens is 333 g/mol. The summed E-state index contributed by atoms with van der Waals surface area (Å²) in [7, 11) is 0. The van der Waals surface area contributed by atoms with Crippen LogP contribution in [-0.2, 0) is 11.3 Å². The minimum atomic E-state index is -0.708. The fourth-order valence-corrected chi connectivity index (χ4v) is 2.64. The maximum Gasteiger partial charge on any atom is 0.412 e. The van der Waals surface area contributed by atoms with Crippen molar-refractivity contribution in [1.82, 2.24) is 4.90 Å². The Morgan fingerprint density at radius 2 is 2.18 bits per heavy atom.